The number of aliphatic hydroxyl groups excluding tert-OH is 2. The number of nitrogens with one attached hydrogen (secondary N) is 1. The fourth-order valence-corrected chi connectivity index (χ4v) is 12.8. The van der Waals surface area contributed by atoms with Gasteiger partial charge in [0.05, 0.1) is 25.4 Å². The lowest BCUT2D eigenvalue weighted by Crippen LogP contribution is -2.45. The van der Waals surface area contributed by atoms with E-state index in [9.17, 15) is 19.8 Å². The highest BCUT2D eigenvalue weighted by Gasteiger charge is 2.18. The topological polar surface area (TPSA) is 95.9 Å². The van der Waals surface area contributed by atoms with Crippen molar-refractivity contribution in [2.24, 2.45) is 0 Å². The normalized spacial score (nSPS) is 12.6. The van der Waals surface area contributed by atoms with E-state index in [0.29, 0.717) is 19.4 Å². The number of carbonyl (C=O) groups excluding carboxylic acids is 2. The Morgan fingerprint density at radius 2 is 0.568 bits per heavy atom. The molecule has 0 saturated carbocycles. The number of hydrogen-bond donors (Lipinski definition) is 3. The van der Waals surface area contributed by atoms with Crippen LogP contribution in [0.4, 0.5) is 0 Å². The standard InChI is InChI=1S/C82H157NO5/c1-3-5-7-9-11-13-15-17-19-43-48-52-56-60-64-68-72-76-82(87)88-77-73-69-65-61-57-53-49-45-42-40-38-36-34-32-30-28-26-24-22-20-21-23-25-27-29-31-33-35-37-39-41-44-47-51-55-59-63-67-71-75-81(86)83-79(78-84)80(85)74-70-66-62-58-54-50-46-18-16-14-12-10-8-6-4-2/h20-21,24,26,70,74,79-80,84-85H,3-19,22-23,25,27-69,71-73,75-78H2,1-2H3,(H,83,86)/b21-20-,26-24-,74-70+. The molecule has 0 aromatic carbocycles. The lowest BCUT2D eigenvalue weighted by atomic mass is 10.0. The van der Waals surface area contributed by atoms with Crippen LogP contribution in [0.3, 0.4) is 0 Å². The Kier molecular flexibility index (Phi) is 75.8. The molecule has 0 aliphatic heterocycles. The van der Waals surface area contributed by atoms with Crippen LogP contribution in [0, 0.1) is 0 Å². The van der Waals surface area contributed by atoms with Gasteiger partial charge < -0.3 is 20.3 Å². The van der Waals surface area contributed by atoms with E-state index in [1.54, 1.807) is 6.08 Å². The average molecular weight is 1240 g/mol. The lowest BCUT2D eigenvalue weighted by molar-refractivity contribution is -0.143. The minimum Gasteiger partial charge on any atom is -0.466 e. The first-order valence-electron chi connectivity index (χ1n) is 40.3. The zero-order valence-electron chi connectivity index (χ0n) is 59.7. The van der Waals surface area contributed by atoms with E-state index in [-0.39, 0.29) is 18.5 Å². The van der Waals surface area contributed by atoms with E-state index in [4.69, 9.17) is 4.74 Å². The fraction of sp³-hybridized carbons (Fsp3) is 0.902. The quantitative estimate of drug-likeness (QED) is 0.0320. The predicted molar refractivity (Wildman–Crippen MR) is 389 cm³/mol. The molecule has 0 aliphatic rings. The third kappa shape index (κ3) is 73.1. The first kappa shape index (κ1) is 86.1. The lowest BCUT2D eigenvalue weighted by Gasteiger charge is -2.20. The summed E-state index contributed by atoms with van der Waals surface area (Å²) in [6.45, 7) is 4.95. The zero-order valence-corrected chi connectivity index (χ0v) is 59.7. The van der Waals surface area contributed by atoms with Crippen LogP contribution in [0.5, 0.6) is 0 Å². The second kappa shape index (κ2) is 77.5. The number of ether oxygens (including phenoxy) is 1. The average Bonchev–Trinajstić information content (AvgIpc) is 3.58. The summed E-state index contributed by atoms with van der Waals surface area (Å²) in [5, 5.41) is 23.2. The van der Waals surface area contributed by atoms with Gasteiger partial charge in [-0.2, -0.15) is 0 Å². The van der Waals surface area contributed by atoms with Crippen molar-refractivity contribution in [3.8, 4) is 0 Å². The van der Waals surface area contributed by atoms with Gasteiger partial charge in [0.2, 0.25) is 5.91 Å². The summed E-state index contributed by atoms with van der Waals surface area (Å²) >= 11 is 0. The molecule has 2 unspecified atom stereocenters. The van der Waals surface area contributed by atoms with Gasteiger partial charge in [-0.15, -0.1) is 0 Å². The van der Waals surface area contributed by atoms with E-state index in [1.165, 1.54) is 379 Å². The molecule has 6 nitrogen and oxygen atoms in total. The van der Waals surface area contributed by atoms with Crippen LogP contribution in [-0.4, -0.2) is 47.4 Å². The van der Waals surface area contributed by atoms with Crippen molar-refractivity contribution in [1.82, 2.24) is 5.32 Å². The fourth-order valence-electron chi connectivity index (χ4n) is 12.8. The smallest absolute Gasteiger partial charge is 0.305 e. The second-order valence-corrected chi connectivity index (χ2v) is 27.8. The van der Waals surface area contributed by atoms with Crippen LogP contribution in [-0.2, 0) is 14.3 Å². The van der Waals surface area contributed by atoms with E-state index in [2.05, 4.69) is 43.5 Å². The van der Waals surface area contributed by atoms with Gasteiger partial charge in [-0.1, -0.05) is 410 Å². The molecule has 0 spiro atoms. The van der Waals surface area contributed by atoms with E-state index in [1.807, 2.05) is 6.08 Å². The Morgan fingerprint density at radius 3 is 0.864 bits per heavy atom. The van der Waals surface area contributed by atoms with Gasteiger partial charge in [-0.25, -0.2) is 0 Å². The number of aliphatic hydroxyl groups is 2. The summed E-state index contributed by atoms with van der Waals surface area (Å²) in [7, 11) is 0. The molecule has 6 heteroatoms. The first-order chi connectivity index (χ1) is 43.5. The van der Waals surface area contributed by atoms with Crippen molar-refractivity contribution in [3.63, 3.8) is 0 Å². The van der Waals surface area contributed by atoms with Crippen molar-refractivity contribution < 1.29 is 24.5 Å². The Morgan fingerprint density at radius 1 is 0.318 bits per heavy atom. The maximum Gasteiger partial charge on any atom is 0.305 e. The minimum absolute atomic E-state index is 0.0249. The number of esters is 1. The molecule has 0 aromatic heterocycles. The summed E-state index contributed by atoms with van der Waals surface area (Å²) in [6, 6.07) is -0.625. The van der Waals surface area contributed by atoms with Gasteiger partial charge in [0.25, 0.3) is 0 Å². The number of amides is 1. The summed E-state index contributed by atoms with van der Waals surface area (Å²) in [4.78, 5) is 24.6. The molecule has 3 N–H and O–H groups in total. The second-order valence-electron chi connectivity index (χ2n) is 27.8. The van der Waals surface area contributed by atoms with Gasteiger partial charge >= 0.3 is 5.97 Å². The molecule has 0 radical (unpaired) electrons. The zero-order chi connectivity index (χ0) is 63.5. The number of unbranched alkanes of at least 4 members (excludes halogenated alkanes) is 61. The molecule has 0 heterocycles. The van der Waals surface area contributed by atoms with E-state index < -0.39 is 12.1 Å². The molecular weight excluding hydrogens is 1080 g/mol. The Bertz CT molecular complexity index is 1430. The van der Waals surface area contributed by atoms with Gasteiger partial charge in [0, 0.05) is 12.8 Å². The number of carbonyl (C=O) groups is 2. The first-order valence-corrected chi connectivity index (χ1v) is 40.3. The third-order valence-electron chi connectivity index (χ3n) is 18.9. The Balaban J connectivity index is 3.35. The highest BCUT2D eigenvalue weighted by Crippen LogP contribution is 2.20. The summed E-state index contributed by atoms with van der Waals surface area (Å²) in [5.74, 6) is -0.0373. The van der Waals surface area contributed by atoms with Crippen LogP contribution in [0.2, 0.25) is 0 Å². The van der Waals surface area contributed by atoms with Crippen molar-refractivity contribution in [2.75, 3.05) is 13.2 Å². The molecule has 0 fully saturated rings. The van der Waals surface area contributed by atoms with Crippen molar-refractivity contribution in [1.29, 1.82) is 0 Å². The van der Waals surface area contributed by atoms with Gasteiger partial charge in [0.15, 0.2) is 0 Å². The van der Waals surface area contributed by atoms with Gasteiger partial charge in [0.1, 0.15) is 0 Å². The molecule has 0 saturated heterocycles. The predicted octanol–water partition coefficient (Wildman–Crippen LogP) is 26.6. The molecule has 520 valence electrons. The van der Waals surface area contributed by atoms with Gasteiger partial charge in [-0.05, 0) is 64.2 Å². The summed E-state index contributed by atoms with van der Waals surface area (Å²) in [6.07, 6.45) is 101. The van der Waals surface area contributed by atoms with Gasteiger partial charge in [-0.3, -0.25) is 9.59 Å². The Hall–Kier alpha value is -1.92. The van der Waals surface area contributed by atoms with Crippen molar-refractivity contribution >= 4 is 11.9 Å². The van der Waals surface area contributed by atoms with Crippen LogP contribution in [0.25, 0.3) is 0 Å². The van der Waals surface area contributed by atoms with Crippen molar-refractivity contribution in [2.45, 2.75) is 463 Å². The molecule has 0 aliphatic carbocycles. The van der Waals surface area contributed by atoms with Crippen LogP contribution >= 0.6 is 0 Å². The van der Waals surface area contributed by atoms with E-state index in [0.717, 1.165) is 44.9 Å². The Labute approximate surface area is 551 Å². The molecular formula is C82H157NO5. The van der Waals surface area contributed by atoms with Crippen LogP contribution in [0.1, 0.15) is 450 Å². The third-order valence-corrected chi connectivity index (χ3v) is 18.9. The number of hydrogen-bond acceptors (Lipinski definition) is 5. The molecule has 2 atom stereocenters. The molecule has 88 heavy (non-hydrogen) atoms. The molecule has 1 amide bonds. The van der Waals surface area contributed by atoms with Crippen LogP contribution in [0.15, 0.2) is 36.5 Å². The van der Waals surface area contributed by atoms with E-state index >= 15 is 0 Å². The summed E-state index contributed by atoms with van der Waals surface area (Å²) in [5.41, 5.74) is 0. The maximum atomic E-state index is 12.5. The monoisotopic (exact) mass is 1240 g/mol. The maximum absolute atomic E-state index is 12.5. The SMILES string of the molecule is CCCCCCCCCCCCCCC/C=C/C(O)C(CO)NC(=O)CCCCCCCCCCCCCCCCCCC/C=C\C/C=C\CCCCCCCCCCCCCCCCCOC(=O)CCCCCCCCCCCCCCCCCCC. The summed E-state index contributed by atoms with van der Waals surface area (Å²) < 4.78 is 5.51. The van der Waals surface area contributed by atoms with Crippen molar-refractivity contribution in [3.05, 3.63) is 36.5 Å². The minimum atomic E-state index is -0.842. The molecule has 0 bridgehead atoms. The highest BCUT2D eigenvalue weighted by atomic mass is 16.5. The van der Waals surface area contributed by atoms with Crippen LogP contribution < -0.4 is 5.32 Å². The number of rotatable bonds is 76. The highest BCUT2D eigenvalue weighted by molar-refractivity contribution is 5.76. The molecule has 0 aromatic rings. The number of allylic oxidation sites excluding steroid dienone is 5. The molecule has 0 rings (SSSR count). The largest absolute Gasteiger partial charge is 0.466 e.